The summed E-state index contributed by atoms with van der Waals surface area (Å²) in [5, 5.41) is 2.65. The number of hydrogen-bond acceptors (Lipinski definition) is 4. The number of aryl methyl sites for hydroxylation is 1. The van der Waals surface area contributed by atoms with Crippen molar-refractivity contribution in [3.63, 3.8) is 0 Å². The van der Waals surface area contributed by atoms with Crippen molar-refractivity contribution in [3.8, 4) is 0 Å². The van der Waals surface area contributed by atoms with Gasteiger partial charge >= 0.3 is 0 Å². The van der Waals surface area contributed by atoms with Crippen LogP contribution in [0.4, 0.5) is 0 Å². The van der Waals surface area contributed by atoms with Crippen LogP contribution in [0, 0.1) is 13.8 Å². The number of rotatable bonds is 3. The molecule has 0 atom stereocenters. The zero-order chi connectivity index (χ0) is 17.4. The van der Waals surface area contributed by atoms with Gasteiger partial charge in [0.05, 0.1) is 12.8 Å². The zero-order valence-corrected chi connectivity index (χ0v) is 14.4. The van der Waals surface area contributed by atoms with E-state index < -0.39 is 11.8 Å². The Morgan fingerprint density at radius 3 is 2.67 bits per heavy atom. The smallest absolute Gasteiger partial charge is 0.266 e. The number of amides is 2. The number of carbonyl (C=O) groups excluding carboxylic acids is 2. The summed E-state index contributed by atoms with van der Waals surface area (Å²) >= 11 is 5.12. The fourth-order valence-corrected chi connectivity index (χ4v) is 2.82. The maximum absolute atomic E-state index is 12.7. The van der Waals surface area contributed by atoms with Gasteiger partial charge in [-0.15, -0.1) is 0 Å². The van der Waals surface area contributed by atoms with Crippen LogP contribution in [0.25, 0.3) is 6.08 Å². The summed E-state index contributed by atoms with van der Waals surface area (Å²) in [6, 6.07) is 5.42. The average Bonchev–Trinajstić information content (AvgIpc) is 3.13. The van der Waals surface area contributed by atoms with E-state index in [1.165, 1.54) is 11.2 Å². The van der Waals surface area contributed by atoms with Crippen molar-refractivity contribution in [2.24, 2.45) is 7.05 Å². The molecule has 3 heterocycles. The lowest BCUT2D eigenvalue weighted by Gasteiger charge is -2.28. The monoisotopic (exact) mass is 343 g/mol. The summed E-state index contributed by atoms with van der Waals surface area (Å²) in [7, 11) is 1.94. The number of nitrogens with zero attached hydrogens (tertiary/aromatic N) is 2. The van der Waals surface area contributed by atoms with Crippen LogP contribution in [-0.2, 0) is 23.2 Å². The Hall–Kier alpha value is -2.67. The van der Waals surface area contributed by atoms with Gasteiger partial charge in [0.2, 0.25) is 0 Å². The zero-order valence-electron chi connectivity index (χ0n) is 13.6. The molecule has 1 fully saturated rings. The molecular formula is C17H17N3O3S. The lowest BCUT2D eigenvalue weighted by Crippen LogP contribution is -2.53. The highest BCUT2D eigenvalue weighted by molar-refractivity contribution is 7.80. The van der Waals surface area contributed by atoms with E-state index in [-0.39, 0.29) is 17.2 Å². The number of hydrogen-bond donors (Lipinski definition) is 1. The first kappa shape index (κ1) is 16.2. The first-order valence-corrected chi connectivity index (χ1v) is 7.83. The van der Waals surface area contributed by atoms with Crippen LogP contribution in [0.2, 0.25) is 0 Å². The Kier molecular flexibility index (Phi) is 4.11. The molecule has 1 saturated heterocycles. The summed E-state index contributed by atoms with van der Waals surface area (Å²) < 4.78 is 7.27. The summed E-state index contributed by atoms with van der Waals surface area (Å²) in [6.07, 6.45) is 3.13. The molecule has 3 rings (SSSR count). The van der Waals surface area contributed by atoms with Crippen molar-refractivity contribution in [1.82, 2.24) is 14.8 Å². The molecule has 0 aromatic carbocycles. The topological polar surface area (TPSA) is 67.5 Å². The van der Waals surface area contributed by atoms with Gasteiger partial charge in [0.15, 0.2) is 5.11 Å². The van der Waals surface area contributed by atoms with Crippen LogP contribution in [0.1, 0.15) is 22.7 Å². The summed E-state index contributed by atoms with van der Waals surface area (Å²) in [4.78, 5) is 26.3. The van der Waals surface area contributed by atoms with E-state index in [4.69, 9.17) is 16.6 Å². The molecule has 2 amide bonds. The van der Waals surface area contributed by atoms with Crippen LogP contribution < -0.4 is 5.32 Å². The Morgan fingerprint density at radius 2 is 2.08 bits per heavy atom. The maximum atomic E-state index is 12.7. The van der Waals surface area contributed by atoms with Crippen molar-refractivity contribution in [2.75, 3.05) is 0 Å². The van der Waals surface area contributed by atoms with Crippen LogP contribution in [-0.4, -0.2) is 26.4 Å². The lowest BCUT2D eigenvalue weighted by atomic mass is 10.1. The minimum Gasteiger partial charge on any atom is -0.467 e. The van der Waals surface area contributed by atoms with E-state index in [0.717, 1.165) is 17.0 Å². The van der Waals surface area contributed by atoms with E-state index in [9.17, 15) is 9.59 Å². The van der Waals surface area contributed by atoms with Gasteiger partial charge in [-0.2, -0.15) is 0 Å². The van der Waals surface area contributed by atoms with E-state index in [0.29, 0.717) is 5.76 Å². The molecule has 0 aliphatic carbocycles. The number of nitrogens with one attached hydrogen (secondary N) is 1. The standard InChI is InChI=1S/C17H17N3O3S/c1-10-7-12(11(2)19(10)3)8-14-15(21)18-17(24)20(16(14)22)9-13-5-4-6-23-13/h4-8H,9H2,1-3H3,(H,18,21,24). The Balaban J connectivity index is 1.96. The number of furan rings is 1. The van der Waals surface area contributed by atoms with Crippen molar-refractivity contribution >= 4 is 35.2 Å². The van der Waals surface area contributed by atoms with Gasteiger partial charge in [-0.25, -0.2) is 0 Å². The molecule has 0 radical (unpaired) electrons. The fourth-order valence-electron chi connectivity index (χ4n) is 2.58. The van der Waals surface area contributed by atoms with Gasteiger partial charge in [-0.3, -0.25) is 19.8 Å². The minimum atomic E-state index is -0.485. The first-order valence-electron chi connectivity index (χ1n) is 7.42. The quantitative estimate of drug-likeness (QED) is 0.526. The van der Waals surface area contributed by atoms with Gasteiger partial charge in [0.25, 0.3) is 11.8 Å². The molecule has 0 saturated carbocycles. The molecule has 124 valence electrons. The molecule has 1 N–H and O–H groups in total. The number of carbonyl (C=O) groups is 2. The second-order valence-corrected chi connectivity index (χ2v) is 6.06. The first-order chi connectivity index (χ1) is 11.4. The van der Waals surface area contributed by atoms with Crippen molar-refractivity contribution in [3.05, 3.63) is 52.7 Å². The molecule has 7 heteroatoms. The highest BCUT2D eigenvalue weighted by atomic mass is 32.1. The third kappa shape index (κ3) is 2.78. The summed E-state index contributed by atoms with van der Waals surface area (Å²) in [6.45, 7) is 4.08. The lowest BCUT2D eigenvalue weighted by molar-refractivity contribution is -0.129. The van der Waals surface area contributed by atoms with Gasteiger partial charge in [-0.1, -0.05) is 0 Å². The summed E-state index contributed by atoms with van der Waals surface area (Å²) in [5.74, 6) is -0.324. The second kappa shape index (κ2) is 6.09. The third-order valence-electron chi connectivity index (χ3n) is 4.19. The van der Waals surface area contributed by atoms with Crippen LogP contribution in [0.3, 0.4) is 0 Å². The van der Waals surface area contributed by atoms with E-state index in [1.54, 1.807) is 18.2 Å². The molecule has 1 aliphatic rings. The second-order valence-electron chi connectivity index (χ2n) is 5.67. The normalized spacial score (nSPS) is 16.9. The van der Waals surface area contributed by atoms with E-state index >= 15 is 0 Å². The molecule has 1 aliphatic heterocycles. The average molecular weight is 343 g/mol. The molecule has 0 bridgehead atoms. The highest BCUT2D eigenvalue weighted by Gasteiger charge is 2.34. The van der Waals surface area contributed by atoms with Crippen LogP contribution in [0.5, 0.6) is 0 Å². The molecule has 0 unspecified atom stereocenters. The molecule has 2 aromatic heterocycles. The minimum absolute atomic E-state index is 0.0591. The van der Waals surface area contributed by atoms with Crippen molar-refractivity contribution in [2.45, 2.75) is 20.4 Å². The SMILES string of the molecule is Cc1cc(C=C2C(=O)NC(=S)N(Cc3ccco3)C2=O)c(C)n1C. The predicted molar refractivity (Wildman–Crippen MR) is 92.9 cm³/mol. The highest BCUT2D eigenvalue weighted by Crippen LogP contribution is 2.21. The van der Waals surface area contributed by atoms with Crippen molar-refractivity contribution < 1.29 is 14.0 Å². The van der Waals surface area contributed by atoms with Gasteiger partial charge in [0, 0.05) is 18.4 Å². The number of aromatic nitrogens is 1. The largest absolute Gasteiger partial charge is 0.467 e. The van der Waals surface area contributed by atoms with Crippen LogP contribution in [0.15, 0.2) is 34.5 Å². The van der Waals surface area contributed by atoms with Gasteiger partial charge in [-0.05, 0) is 55.9 Å². The van der Waals surface area contributed by atoms with E-state index in [2.05, 4.69) is 5.32 Å². The molecule has 0 spiro atoms. The Bertz CT molecular complexity index is 862. The molecule has 6 nitrogen and oxygen atoms in total. The van der Waals surface area contributed by atoms with E-state index in [1.807, 2.05) is 31.5 Å². The Labute approximate surface area is 144 Å². The van der Waals surface area contributed by atoms with Gasteiger partial charge < -0.3 is 8.98 Å². The third-order valence-corrected chi connectivity index (χ3v) is 4.52. The predicted octanol–water partition coefficient (Wildman–Crippen LogP) is 2.06. The maximum Gasteiger partial charge on any atom is 0.266 e. The fraction of sp³-hybridized carbons (Fsp3) is 0.235. The van der Waals surface area contributed by atoms with Gasteiger partial charge in [0.1, 0.15) is 11.3 Å². The van der Waals surface area contributed by atoms with Crippen LogP contribution >= 0.6 is 12.2 Å². The Morgan fingerprint density at radius 1 is 1.33 bits per heavy atom. The number of thiocarbonyl (C=S) groups is 1. The molecule has 2 aromatic rings. The summed E-state index contributed by atoms with van der Waals surface area (Å²) in [5.41, 5.74) is 2.92. The molecular weight excluding hydrogens is 326 g/mol. The van der Waals surface area contributed by atoms with Crippen molar-refractivity contribution in [1.29, 1.82) is 0 Å². The molecule has 24 heavy (non-hydrogen) atoms.